The zero-order valence-electron chi connectivity index (χ0n) is 8.83. The fraction of sp³-hybridized carbons (Fsp3) is 0.182. The summed E-state index contributed by atoms with van der Waals surface area (Å²) in [7, 11) is 1.95. The van der Waals surface area contributed by atoms with E-state index in [0.717, 1.165) is 18.0 Å². The first-order valence-electron chi connectivity index (χ1n) is 4.80. The summed E-state index contributed by atoms with van der Waals surface area (Å²) in [5, 5.41) is 0.846. The van der Waals surface area contributed by atoms with Gasteiger partial charge in [-0.05, 0) is 17.7 Å². The molecule has 0 aliphatic rings. The minimum Gasteiger partial charge on any atom is -0.347 e. The molecule has 0 aliphatic heterocycles. The number of nitrogens with zero attached hydrogens (tertiary/aromatic N) is 3. The number of hydrogen-bond acceptors (Lipinski definition) is 5. The first-order chi connectivity index (χ1) is 7.79. The Morgan fingerprint density at radius 3 is 2.81 bits per heavy atom. The van der Waals surface area contributed by atoms with Crippen LogP contribution >= 0.6 is 11.3 Å². The fourth-order valence-corrected chi connectivity index (χ4v) is 2.03. The Labute approximate surface area is 97.6 Å². The second-order valence-corrected chi connectivity index (χ2v) is 4.42. The number of anilines is 1. The van der Waals surface area contributed by atoms with E-state index in [1.54, 1.807) is 18.6 Å². The Morgan fingerprint density at radius 1 is 1.44 bits per heavy atom. The van der Waals surface area contributed by atoms with Crippen LogP contribution in [0.25, 0.3) is 0 Å². The van der Waals surface area contributed by atoms with Gasteiger partial charge in [0.15, 0.2) is 11.4 Å². The molecule has 0 saturated carbocycles. The molecule has 82 valence electrons. The molecule has 0 N–H and O–H groups in total. The number of pyridine rings is 1. The highest BCUT2D eigenvalue weighted by molar-refractivity contribution is 7.17. The first kappa shape index (κ1) is 10.8. The summed E-state index contributed by atoms with van der Waals surface area (Å²) in [6, 6.07) is 3.93. The standard InChI is InChI=1S/C11H11N3OS/c1-14(7-9-2-4-12-5-3-9)11-13-6-10(8-15)16-11/h2-6,8H,7H2,1H3. The van der Waals surface area contributed by atoms with Gasteiger partial charge in [0.1, 0.15) is 0 Å². The Hall–Kier alpha value is -1.75. The van der Waals surface area contributed by atoms with Gasteiger partial charge in [-0.3, -0.25) is 9.78 Å². The quantitative estimate of drug-likeness (QED) is 0.758. The van der Waals surface area contributed by atoms with Crippen LogP contribution in [0, 0.1) is 0 Å². The van der Waals surface area contributed by atoms with Gasteiger partial charge in [-0.2, -0.15) is 0 Å². The number of aromatic nitrogens is 2. The van der Waals surface area contributed by atoms with Crippen LogP contribution < -0.4 is 4.90 Å². The number of carbonyl (C=O) groups is 1. The third kappa shape index (κ3) is 2.43. The van der Waals surface area contributed by atoms with E-state index in [-0.39, 0.29) is 0 Å². The summed E-state index contributed by atoms with van der Waals surface area (Å²) in [4.78, 5) is 21.3. The fourth-order valence-electron chi connectivity index (χ4n) is 1.34. The van der Waals surface area contributed by atoms with Crippen molar-refractivity contribution in [3.63, 3.8) is 0 Å². The normalized spacial score (nSPS) is 10.1. The number of rotatable bonds is 4. The molecule has 2 heterocycles. The summed E-state index contributed by atoms with van der Waals surface area (Å²) in [6.45, 7) is 0.758. The third-order valence-electron chi connectivity index (χ3n) is 2.12. The van der Waals surface area contributed by atoms with Crippen molar-refractivity contribution in [2.24, 2.45) is 0 Å². The van der Waals surface area contributed by atoms with E-state index in [1.165, 1.54) is 16.9 Å². The highest BCUT2D eigenvalue weighted by Gasteiger charge is 2.06. The molecule has 2 aromatic rings. The molecule has 0 aromatic carbocycles. The number of aldehydes is 1. The Kier molecular flexibility index (Phi) is 3.26. The van der Waals surface area contributed by atoms with Crippen LogP contribution in [0.2, 0.25) is 0 Å². The second-order valence-electron chi connectivity index (χ2n) is 3.37. The minimum absolute atomic E-state index is 0.650. The van der Waals surface area contributed by atoms with Crippen molar-refractivity contribution in [2.45, 2.75) is 6.54 Å². The minimum atomic E-state index is 0.650. The third-order valence-corrected chi connectivity index (χ3v) is 3.16. The Bertz CT molecular complexity index is 469. The van der Waals surface area contributed by atoms with Gasteiger partial charge in [-0.1, -0.05) is 11.3 Å². The molecular weight excluding hydrogens is 222 g/mol. The topological polar surface area (TPSA) is 46.1 Å². The number of thiazole rings is 1. The van der Waals surface area contributed by atoms with Crippen LogP contribution in [0.15, 0.2) is 30.7 Å². The van der Waals surface area contributed by atoms with Crippen molar-refractivity contribution in [1.29, 1.82) is 0 Å². The van der Waals surface area contributed by atoms with Gasteiger partial charge in [0, 0.05) is 26.0 Å². The predicted molar refractivity (Wildman–Crippen MR) is 63.8 cm³/mol. The molecule has 4 nitrogen and oxygen atoms in total. The van der Waals surface area contributed by atoms with Crippen molar-refractivity contribution in [3.05, 3.63) is 41.2 Å². The number of hydrogen-bond donors (Lipinski definition) is 0. The van der Waals surface area contributed by atoms with E-state index in [4.69, 9.17) is 0 Å². The molecule has 2 aromatic heterocycles. The molecule has 0 bridgehead atoms. The SMILES string of the molecule is CN(Cc1ccncc1)c1ncc(C=O)s1. The monoisotopic (exact) mass is 233 g/mol. The summed E-state index contributed by atoms with van der Waals surface area (Å²) in [5.41, 5.74) is 1.17. The molecule has 5 heteroatoms. The highest BCUT2D eigenvalue weighted by Crippen LogP contribution is 2.21. The lowest BCUT2D eigenvalue weighted by Crippen LogP contribution is -2.15. The van der Waals surface area contributed by atoms with Gasteiger partial charge in [0.25, 0.3) is 0 Å². The maximum absolute atomic E-state index is 10.5. The van der Waals surface area contributed by atoms with E-state index in [2.05, 4.69) is 9.97 Å². The van der Waals surface area contributed by atoms with E-state index in [0.29, 0.717) is 4.88 Å². The van der Waals surface area contributed by atoms with Crippen LogP contribution in [0.1, 0.15) is 15.2 Å². The van der Waals surface area contributed by atoms with Crippen LogP contribution in [0.4, 0.5) is 5.13 Å². The van der Waals surface area contributed by atoms with Crippen LogP contribution in [-0.2, 0) is 6.54 Å². The molecule has 16 heavy (non-hydrogen) atoms. The first-order valence-corrected chi connectivity index (χ1v) is 5.62. The average molecular weight is 233 g/mol. The van der Waals surface area contributed by atoms with Crippen molar-refractivity contribution < 1.29 is 4.79 Å². The van der Waals surface area contributed by atoms with Crippen LogP contribution in [-0.4, -0.2) is 23.3 Å². The van der Waals surface area contributed by atoms with Crippen LogP contribution in [0.5, 0.6) is 0 Å². The molecule has 2 rings (SSSR count). The van der Waals surface area contributed by atoms with Gasteiger partial charge >= 0.3 is 0 Å². The molecule has 0 atom stereocenters. The maximum Gasteiger partial charge on any atom is 0.185 e. The van der Waals surface area contributed by atoms with E-state index < -0.39 is 0 Å². The zero-order chi connectivity index (χ0) is 11.4. The van der Waals surface area contributed by atoms with Crippen molar-refractivity contribution in [1.82, 2.24) is 9.97 Å². The summed E-state index contributed by atoms with van der Waals surface area (Å²) in [6.07, 6.45) is 5.95. The summed E-state index contributed by atoms with van der Waals surface area (Å²) < 4.78 is 0. The van der Waals surface area contributed by atoms with Crippen molar-refractivity contribution in [3.8, 4) is 0 Å². The second kappa shape index (κ2) is 4.85. The molecular formula is C11H11N3OS. The van der Waals surface area contributed by atoms with Gasteiger partial charge in [-0.15, -0.1) is 0 Å². The molecule has 0 radical (unpaired) electrons. The molecule has 0 amide bonds. The predicted octanol–water partition coefficient (Wildman–Crippen LogP) is 1.99. The average Bonchev–Trinajstić information content (AvgIpc) is 2.79. The van der Waals surface area contributed by atoms with E-state index >= 15 is 0 Å². The lowest BCUT2D eigenvalue weighted by atomic mass is 10.2. The molecule has 0 fully saturated rings. The van der Waals surface area contributed by atoms with Crippen molar-refractivity contribution in [2.75, 3.05) is 11.9 Å². The van der Waals surface area contributed by atoms with Gasteiger partial charge in [0.05, 0.1) is 11.1 Å². The number of carbonyl (C=O) groups excluding carboxylic acids is 1. The Balaban J connectivity index is 2.08. The lowest BCUT2D eigenvalue weighted by molar-refractivity contribution is 0.112. The summed E-state index contributed by atoms with van der Waals surface area (Å²) >= 11 is 1.39. The summed E-state index contributed by atoms with van der Waals surface area (Å²) in [5.74, 6) is 0. The Morgan fingerprint density at radius 2 is 2.19 bits per heavy atom. The zero-order valence-corrected chi connectivity index (χ0v) is 9.65. The van der Waals surface area contributed by atoms with Gasteiger partial charge in [0.2, 0.25) is 0 Å². The molecule has 0 aliphatic carbocycles. The molecule has 0 saturated heterocycles. The molecule has 0 unspecified atom stereocenters. The lowest BCUT2D eigenvalue weighted by Gasteiger charge is -2.15. The van der Waals surface area contributed by atoms with Crippen molar-refractivity contribution >= 4 is 22.8 Å². The molecule has 0 spiro atoms. The van der Waals surface area contributed by atoms with Crippen LogP contribution in [0.3, 0.4) is 0 Å². The van der Waals surface area contributed by atoms with Gasteiger partial charge < -0.3 is 4.90 Å². The largest absolute Gasteiger partial charge is 0.347 e. The van der Waals surface area contributed by atoms with E-state index in [1.807, 2.05) is 24.1 Å². The smallest absolute Gasteiger partial charge is 0.185 e. The van der Waals surface area contributed by atoms with E-state index in [9.17, 15) is 4.79 Å². The highest BCUT2D eigenvalue weighted by atomic mass is 32.1. The van der Waals surface area contributed by atoms with Gasteiger partial charge in [-0.25, -0.2) is 4.98 Å². The maximum atomic E-state index is 10.5.